The molecule has 0 fully saturated rings. The predicted molar refractivity (Wildman–Crippen MR) is 82.0 cm³/mol. The van der Waals surface area contributed by atoms with E-state index in [4.69, 9.17) is 0 Å². The molecule has 1 amide bonds. The minimum Gasteiger partial charge on any atom is -0.354 e. The Kier molecular flexibility index (Phi) is 5.04. The number of carbonyl (C=O) groups excluding carboxylic acids is 1. The number of pyridine rings is 1. The van der Waals surface area contributed by atoms with Crippen molar-refractivity contribution in [1.82, 2.24) is 4.98 Å². The van der Waals surface area contributed by atoms with Gasteiger partial charge in [0, 0.05) is 18.2 Å². The molecule has 1 heterocycles. The van der Waals surface area contributed by atoms with E-state index in [0.717, 1.165) is 12.1 Å². The Labute approximate surface area is 127 Å². The third-order valence-electron chi connectivity index (χ3n) is 2.83. The average molecular weight is 305 g/mol. The molecule has 4 nitrogen and oxygen atoms in total. The fourth-order valence-corrected chi connectivity index (χ4v) is 1.85. The summed E-state index contributed by atoms with van der Waals surface area (Å²) >= 11 is 0. The van der Waals surface area contributed by atoms with Gasteiger partial charge in [-0.2, -0.15) is 0 Å². The Bertz CT molecular complexity index is 657. The van der Waals surface area contributed by atoms with Gasteiger partial charge in [0.25, 0.3) is 0 Å². The van der Waals surface area contributed by atoms with E-state index in [9.17, 15) is 13.6 Å². The van der Waals surface area contributed by atoms with Crippen molar-refractivity contribution in [2.24, 2.45) is 5.92 Å². The molecule has 0 radical (unpaired) electrons. The second-order valence-corrected chi connectivity index (χ2v) is 5.33. The van der Waals surface area contributed by atoms with E-state index >= 15 is 0 Å². The zero-order chi connectivity index (χ0) is 16.1. The summed E-state index contributed by atoms with van der Waals surface area (Å²) in [6.07, 6.45) is 1.93. The summed E-state index contributed by atoms with van der Waals surface area (Å²) in [5, 5.41) is 5.60. The van der Waals surface area contributed by atoms with Gasteiger partial charge in [-0.15, -0.1) is 0 Å². The van der Waals surface area contributed by atoms with Crippen molar-refractivity contribution in [3.8, 4) is 0 Å². The molecular weight excluding hydrogens is 288 g/mol. The number of benzene rings is 1. The van der Waals surface area contributed by atoms with Crippen molar-refractivity contribution in [3.63, 3.8) is 0 Å². The summed E-state index contributed by atoms with van der Waals surface area (Å²) in [7, 11) is 0. The van der Waals surface area contributed by atoms with Crippen LogP contribution >= 0.6 is 0 Å². The van der Waals surface area contributed by atoms with E-state index in [1.807, 2.05) is 13.8 Å². The summed E-state index contributed by atoms with van der Waals surface area (Å²) in [4.78, 5) is 15.7. The Morgan fingerprint density at radius 3 is 2.45 bits per heavy atom. The van der Waals surface area contributed by atoms with Crippen LogP contribution in [-0.4, -0.2) is 10.9 Å². The third kappa shape index (κ3) is 4.51. The van der Waals surface area contributed by atoms with Gasteiger partial charge in [0.15, 0.2) is 11.6 Å². The minimum atomic E-state index is -0.921. The number of amides is 1. The van der Waals surface area contributed by atoms with Gasteiger partial charge in [-0.05, 0) is 30.2 Å². The van der Waals surface area contributed by atoms with Crippen molar-refractivity contribution in [2.45, 2.75) is 20.3 Å². The molecule has 0 aliphatic carbocycles. The fraction of sp³-hybridized carbons (Fsp3) is 0.250. The summed E-state index contributed by atoms with van der Waals surface area (Å²) in [5.41, 5.74) is 1.02. The molecule has 22 heavy (non-hydrogen) atoms. The maximum atomic E-state index is 13.1. The molecular formula is C16H17F2N3O. The molecule has 2 aromatic rings. The Hall–Kier alpha value is -2.50. The van der Waals surface area contributed by atoms with Crippen molar-refractivity contribution in [1.29, 1.82) is 0 Å². The molecule has 0 unspecified atom stereocenters. The topological polar surface area (TPSA) is 54.0 Å². The van der Waals surface area contributed by atoms with Crippen molar-refractivity contribution in [3.05, 3.63) is 48.2 Å². The number of nitrogens with zero attached hydrogens (tertiary/aromatic N) is 1. The van der Waals surface area contributed by atoms with Crippen LogP contribution in [0.5, 0.6) is 0 Å². The van der Waals surface area contributed by atoms with Crippen LogP contribution in [0.15, 0.2) is 36.5 Å². The number of hydrogen-bond acceptors (Lipinski definition) is 3. The molecule has 0 bridgehead atoms. The van der Waals surface area contributed by atoms with Crippen molar-refractivity contribution >= 4 is 23.1 Å². The normalized spacial score (nSPS) is 10.6. The van der Waals surface area contributed by atoms with Gasteiger partial charge < -0.3 is 10.6 Å². The molecule has 2 rings (SSSR count). The first-order valence-electron chi connectivity index (χ1n) is 6.92. The smallest absolute Gasteiger partial charge is 0.225 e. The quantitative estimate of drug-likeness (QED) is 0.875. The average Bonchev–Trinajstić information content (AvgIpc) is 2.44. The SMILES string of the molecule is CC(C)CC(=O)Nc1ccc(Nc2ccc(F)c(F)c2)cn1. The molecule has 116 valence electrons. The first kappa shape index (κ1) is 15.9. The van der Waals surface area contributed by atoms with Gasteiger partial charge >= 0.3 is 0 Å². The van der Waals surface area contributed by atoms with Crippen LogP contribution in [0.25, 0.3) is 0 Å². The molecule has 0 atom stereocenters. The maximum Gasteiger partial charge on any atom is 0.225 e. The molecule has 1 aromatic heterocycles. The van der Waals surface area contributed by atoms with Gasteiger partial charge in [-0.1, -0.05) is 13.8 Å². The van der Waals surface area contributed by atoms with Crippen LogP contribution in [0.4, 0.5) is 26.0 Å². The Morgan fingerprint density at radius 2 is 1.86 bits per heavy atom. The zero-order valence-electron chi connectivity index (χ0n) is 12.4. The Morgan fingerprint density at radius 1 is 1.14 bits per heavy atom. The molecule has 0 saturated heterocycles. The molecule has 2 N–H and O–H groups in total. The van der Waals surface area contributed by atoms with Crippen molar-refractivity contribution < 1.29 is 13.6 Å². The van der Waals surface area contributed by atoms with E-state index in [1.165, 1.54) is 12.3 Å². The van der Waals surface area contributed by atoms with Gasteiger partial charge in [0.05, 0.1) is 11.9 Å². The highest BCUT2D eigenvalue weighted by molar-refractivity contribution is 5.89. The van der Waals surface area contributed by atoms with E-state index in [-0.39, 0.29) is 11.8 Å². The molecule has 0 aliphatic rings. The van der Waals surface area contributed by atoms with Crippen LogP contribution < -0.4 is 10.6 Å². The van der Waals surface area contributed by atoms with Crippen LogP contribution in [0, 0.1) is 17.6 Å². The second-order valence-electron chi connectivity index (χ2n) is 5.33. The highest BCUT2D eigenvalue weighted by Crippen LogP contribution is 2.19. The summed E-state index contributed by atoms with van der Waals surface area (Å²) < 4.78 is 26.0. The number of anilines is 3. The molecule has 0 aliphatic heterocycles. The molecule has 6 heteroatoms. The van der Waals surface area contributed by atoms with E-state index in [2.05, 4.69) is 15.6 Å². The lowest BCUT2D eigenvalue weighted by Crippen LogP contribution is -2.14. The first-order chi connectivity index (χ1) is 10.4. The lowest BCUT2D eigenvalue weighted by atomic mass is 10.1. The number of hydrogen-bond donors (Lipinski definition) is 2. The summed E-state index contributed by atoms with van der Waals surface area (Å²) in [6, 6.07) is 6.87. The standard InChI is InChI=1S/C16H17F2N3O/c1-10(2)7-16(22)21-15-6-4-12(9-19-15)20-11-3-5-13(17)14(18)8-11/h3-6,8-10,20H,7H2,1-2H3,(H,19,21,22). The number of nitrogens with one attached hydrogen (secondary N) is 2. The van der Waals surface area contributed by atoms with E-state index in [1.54, 1.807) is 12.1 Å². The maximum absolute atomic E-state index is 13.1. The van der Waals surface area contributed by atoms with Crippen LogP contribution in [-0.2, 0) is 4.79 Å². The van der Waals surface area contributed by atoms with E-state index in [0.29, 0.717) is 23.6 Å². The first-order valence-corrected chi connectivity index (χ1v) is 6.92. The number of rotatable bonds is 5. The predicted octanol–water partition coefficient (Wildman–Crippen LogP) is 4.09. The van der Waals surface area contributed by atoms with Gasteiger partial charge in [-0.25, -0.2) is 13.8 Å². The number of carbonyl (C=O) groups is 1. The highest BCUT2D eigenvalue weighted by Gasteiger charge is 2.06. The second kappa shape index (κ2) is 6.98. The van der Waals surface area contributed by atoms with Crippen LogP contribution in [0.1, 0.15) is 20.3 Å². The monoisotopic (exact) mass is 305 g/mol. The highest BCUT2D eigenvalue weighted by atomic mass is 19.2. The lowest BCUT2D eigenvalue weighted by molar-refractivity contribution is -0.116. The molecule has 0 saturated carbocycles. The van der Waals surface area contributed by atoms with Crippen molar-refractivity contribution in [2.75, 3.05) is 10.6 Å². The number of aromatic nitrogens is 1. The summed E-state index contributed by atoms with van der Waals surface area (Å²) in [6.45, 7) is 3.92. The van der Waals surface area contributed by atoms with Crippen LogP contribution in [0.3, 0.4) is 0 Å². The zero-order valence-corrected chi connectivity index (χ0v) is 12.4. The number of halogens is 2. The molecule has 0 spiro atoms. The third-order valence-corrected chi connectivity index (χ3v) is 2.83. The lowest BCUT2D eigenvalue weighted by Gasteiger charge is -2.09. The van der Waals surface area contributed by atoms with E-state index < -0.39 is 11.6 Å². The van der Waals surface area contributed by atoms with Crippen LogP contribution in [0.2, 0.25) is 0 Å². The molecule has 1 aromatic carbocycles. The van der Waals surface area contributed by atoms with Gasteiger partial charge in [0.2, 0.25) is 5.91 Å². The largest absolute Gasteiger partial charge is 0.354 e. The Balaban J connectivity index is 1.99. The van der Waals surface area contributed by atoms with Gasteiger partial charge in [0.1, 0.15) is 5.82 Å². The summed E-state index contributed by atoms with van der Waals surface area (Å²) in [5.74, 6) is -1.19. The van der Waals surface area contributed by atoms with Gasteiger partial charge in [-0.3, -0.25) is 4.79 Å². The minimum absolute atomic E-state index is 0.0937. The fourth-order valence-electron chi connectivity index (χ4n) is 1.85.